The fourth-order valence-corrected chi connectivity index (χ4v) is 1.87. The molecule has 6 nitrogen and oxygen atoms in total. The maximum absolute atomic E-state index is 10.6. The van der Waals surface area contributed by atoms with E-state index in [4.69, 9.17) is 5.11 Å². The van der Waals surface area contributed by atoms with Gasteiger partial charge in [-0.05, 0) is 18.2 Å². The lowest BCUT2D eigenvalue weighted by atomic mass is 10.1. The van der Waals surface area contributed by atoms with E-state index in [-0.39, 0.29) is 5.69 Å². The van der Waals surface area contributed by atoms with Gasteiger partial charge >= 0.3 is 5.97 Å². The molecule has 7 heteroatoms. The number of carboxylic acid groups (broad SMARTS) is 1. The highest BCUT2D eigenvalue weighted by Gasteiger charge is 2.28. The minimum absolute atomic E-state index is 0.183. The first kappa shape index (κ1) is 12.0. The van der Waals surface area contributed by atoms with E-state index in [9.17, 15) is 15.0 Å². The fourth-order valence-electron chi connectivity index (χ4n) is 1.52. The van der Waals surface area contributed by atoms with E-state index in [0.29, 0.717) is 10.9 Å². The average molecular weight is 301 g/mol. The topological polar surface area (TPSA) is 106 Å². The molecule has 0 saturated heterocycles. The van der Waals surface area contributed by atoms with Crippen molar-refractivity contribution < 1.29 is 20.1 Å². The number of nitrogens with zero attached hydrogens (tertiary/aromatic N) is 1. The van der Waals surface area contributed by atoms with Gasteiger partial charge in [-0.25, -0.2) is 4.79 Å². The third-order valence-electron chi connectivity index (χ3n) is 2.39. The number of halogens is 1. The van der Waals surface area contributed by atoms with Crippen molar-refractivity contribution in [2.75, 3.05) is 0 Å². The maximum atomic E-state index is 10.6. The van der Waals surface area contributed by atoms with Crippen LogP contribution in [0.25, 0.3) is 10.9 Å². The summed E-state index contributed by atoms with van der Waals surface area (Å²) in [4.78, 5) is 10.6. The summed E-state index contributed by atoms with van der Waals surface area (Å²) in [7, 11) is 0. The Morgan fingerprint density at radius 2 is 2.12 bits per heavy atom. The van der Waals surface area contributed by atoms with E-state index in [1.165, 1.54) is 0 Å². The molecular formula is C10H9BrN2O4. The van der Waals surface area contributed by atoms with Crippen LogP contribution in [-0.4, -0.2) is 37.6 Å². The third kappa shape index (κ3) is 2.17. The van der Waals surface area contributed by atoms with Crippen molar-refractivity contribution in [1.29, 1.82) is 0 Å². The number of carboxylic acids is 1. The average Bonchev–Trinajstić information content (AvgIpc) is 2.69. The van der Waals surface area contributed by atoms with Crippen LogP contribution in [0, 0.1) is 0 Å². The first-order valence-corrected chi connectivity index (χ1v) is 5.52. The summed E-state index contributed by atoms with van der Waals surface area (Å²) in [5, 5.41) is 34.6. The van der Waals surface area contributed by atoms with Gasteiger partial charge in [-0.2, -0.15) is 5.10 Å². The summed E-state index contributed by atoms with van der Waals surface area (Å²) in [6.07, 6.45) is -3.43. The molecule has 2 aromatic rings. The van der Waals surface area contributed by atoms with E-state index in [0.717, 1.165) is 4.47 Å². The van der Waals surface area contributed by atoms with Gasteiger partial charge in [0.25, 0.3) is 0 Å². The normalized spacial score (nSPS) is 14.8. The van der Waals surface area contributed by atoms with E-state index in [1.54, 1.807) is 18.2 Å². The van der Waals surface area contributed by atoms with Gasteiger partial charge in [0.05, 0.1) is 11.2 Å². The number of hydrogen-bond acceptors (Lipinski definition) is 4. The van der Waals surface area contributed by atoms with Crippen molar-refractivity contribution in [3.63, 3.8) is 0 Å². The molecule has 2 rings (SSSR count). The van der Waals surface area contributed by atoms with Gasteiger partial charge in [0.2, 0.25) is 0 Å². The van der Waals surface area contributed by atoms with E-state index >= 15 is 0 Å². The molecule has 2 atom stereocenters. The quantitative estimate of drug-likeness (QED) is 0.671. The first-order chi connectivity index (χ1) is 8.00. The minimum Gasteiger partial charge on any atom is -0.479 e. The van der Waals surface area contributed by atoms with Gasteiger partial charge in [-0.3, -0.25) is 5.10 Å². The van der Waals surface area contributed by atoms with E-state index < -0.39 is 18.2 Å². The number of rotatable bonds is 3. The van der Waals surface area contributed by atoms with Crippen molar-refractivity contribution in [1.82, 2.24) is 10.2 Å². The Hall–Kier alpha value is -1.44. The van der Waals surface area contributed by atoms with Gasteiger partial charge in [0, 0.05) is 9.86 Å². The number of nitrogens with one attached hydrogen (secondary N) is 1. The van der Waals surface area contributed by atoms with Crippen molar-refractivity contribution in [2.45, 2.75) is 12.2 Å². The predicted molar refractivity (Wildman–Crippen MR) is 62.4 cm³/mol. The Kier molecular flexibility index (Phi) is 3.14. The van der Waals surface area contributed by atoms with Crippen molar-refractivity contribution in [3.8, 4) is 0 Å². The number of hydrogen-bond donors (Lipinski definition) is 4. The lowest BCUT2D eigenvalue weighted by Gasteiger charge is -2.12. The zero-order valence-corrected chi connectivity index (χ0v) is 10.0. The number of aliphatic hydroxyl groups is 2. The molecule has 1 aromatic heterocycles. The van der Waals surface area contributed by atoms with Gasteiger partial charge in [-0.15, -0.1) is 0 Å². The van der Waals surface area contributed by atoms with Crippen LogP contribution in [0.2, 0.25) is 0 Å². The molecule has 0 aliphatic heterocycles. The Morgan fingerprint density at radius 1 is 1.41 bits per heavy atom. The lowest BCUT2D eigenvalue weighted by molar-refractivity contribution is -0.153. The zero-order chi connectivity index (χ0) is 12.6. The molecule has 0 aliphatic carbocycles. The molecule has 1 aromatic carbocycles. The number of aromatic nitrogens is 2. The second kappa shape index (κ2) is 4.44. The Balaban J connectivity index is 2.46. The molecule has 1 heterocycles. The highest BCUT2D eigenvalue weighted by atomic mass is 79.9. The molecular weight excluding hydrogens is 292 g/mol. The van der Waals surface area contributed by atoms with Gasteiger partial charge in [0.1, 0.15) is 6.10 Å². The fraction of sp³-hybridized carbons (Fsp3) is 0.200. The summed E-state index contributed by atoms with van der Waals surface area (Å²) in [6.45, 7) is 0. The van der Waals surface area contributed by atoms with Gasteiger partial charge in [0.15, 0.2) is 6.10 Å². The van der Waals surface area contributed by atoms with Gasteiger partial charge in [-0.1, -0.05) is 15.9 Å². The van der Waals surface area contributed by atoms with Crippen molar-refractivity contribution in [2.24, 2.45) is 0 Å². The van der Waals surface area contributed by atoms with Crippen LogP contribution in [0.1, 0.15) is 11.8 Å². The zero-order valence-electron chi connectivity index (χ0n) is 8.46. The molecule has 0 radical (unpaired) electrons. The number of H-pyrrole nitrogens is 1. The highest BCUT2D eigenvalue weighted by molar-refractivity contribution is 9.10. The van der Waals surface area contributed by atoms with Crippen LogP contribution >= 0.6 is 15.9 Å². The smallest absolute Gasteiger partial charge is 0.335 e. The summed E-state index contributed by atoms with van der Waals surface area (Å²) in [6, 6.07) is 5.13. The number of carbonyl (C=O) groups is 1. The molecule has 0 amide bonds. The number of aliphatic carboxylic acids is 1. The van der Waals surface area contributed by atoms with Gasteiger partial charge < -0.3 is 15.3 Å². The highest BCUT2D eigenvalue weighted by Crippen LogP contribution is 2.26. The molecule has 90 valence electrons. The van der Waals surface area contributed by atoms with Crippen LogP contribution in [0.15, 0.2) is 22.7 Å². The number of aliphatic hydroxyl groups excluding tert-OH is 2. The van der Waals surface area contributed by atoms with Crippen LogP contribution in [-0.2, 0) is 4.79 Å². The van der Waals surface area contributed by atoms with Crippen LogP contribution < -0.4 is 0 Å². The lowest BCUT2D eigenvalue weighted by Crippen LogP contribution is -2.27. The number of benzene rings is 1. The van der Waals surface area contributed by atoms with Crippen LogP contribution in [0.4, 0.5) is 0 Å². The summed E-state index contributed by atoms with van der Waals surface area (Å²) in [5.74, 6) is -1.49. The van der Waals surface area contributed by atoms with Crippen molar-refractivity contribution in [3.05, 3.63) is 28.4 Å². The number of aromatic amines is 1. The Morgan fingerprint density at radius 3 is 2.76 bits per heavy atom. The van der Waals surface area contributed by atoms with Crippen LogP contribution in [0.5, 0.6) is 0 Å². The Bertz CT molecular complexity index is 568. The summed E-state index contributed by atoms with van der Waals surface area (Å²) < 4.78 is 0.816. The third-order valence-corrected chi connectivity index (χ3v) is 2.89. The minimum atomic E-state index is -1.89. The summed E-state index contributed by atoms with van der Waals surface area (Å²) in [5.41, 5.74) is 0.758. The van der Waals surface area contributed by atoms with Crippen molar-refractivity contribution >= 4 is 32.8 Å². The van der Waals surface area contributed by atoms with E-state index in [1.807, 2.05) is 0 Å². The molecule has 0 aliphatic rings. The molecule has 0 fully saturated rings. The number of fused-ring (bicyclic) bond motifs is 1. The first-order valence-electron chi connectivity index (χ1n) is 4.73. The molecule has 4 N–H and O–H groups in total. The Labute approximate surface area is 104 Å². The predicted octanol–water partition coefficient (Wildman–Crippen LogP) is 0.804. The van der Waals surface area contributed by atoms with E-state index in [2.05, 4.69) is 26.1 Å². The maximum Gasteiger partial charge on any atom is 0.335 e. The second-order valence-electron chi connectivity index (χ2n) is 3.53. The molecule has 2 unspecified atom stereocenters. The standard InChI is InChI=1S/C10H9BrN2O4/c11-4-1-2-5-6(3-4)12-13-7(5)8(14)9(15)10(16)17/h1-3,8-9,14-15H,(H,12,13)(H,16,17). The monoisotopic (exact) mass is 300 g/mol. The second-order valence-corrected chi connectivity index (χ2v) is 4.44. The SMILES string of the molecule is O=C(O)C(O)C(O)c1[nH]nc2cc(Br)ccc12. The summed E-state index contributed by atoms with van der Waals surface area (Å²) >= 11 is 3.27. The van der Waals surface area contributed by atoms with Crippen LogP contribution in [0.3, 0.4) is 0 Å². The largest absolute Gasteiger partial charge is 0.479 e. The molecule has 0 bridgehead atoms. The molecule has 0 saturated carbocycles. The molecule has 17 heavy (non-hydrogen) atoms. The molecule has 0 spiro atoms.